The number of alkyl halides is 2. The minimum absolute atomic E-state index is 0.298. The van der Waals surface area contributed by atoms with Crippen LogP contribution < -0.4 is 0 Å². The van der Waals surface area contributed by atoms with Crippen LogP contribution in [0.5, 0.6) is 0 Å². The fourth-order valence-electron chi connectivity index (χ4n) is 3.79. The second kappa shape index (κ2) is 7.57. The third kappa shape index (κ3) is 3.30. The van der Waals surface area contributed by atoms with Gasteiger partial charge in [0.1, 0.15) is 5.16 Å². The lowest BCUT2D eigenvalue weighted by Crippen LogP contribution is -2.44. The first-order chi connectivity index (χ1) is 12.9. The van der Waals surface area contributed by atoms with E-state index in [4.69, 9.17) is 58.2 Å². The van der Waals surface area contributed by atoms with Crippen LogP contribution in [-0.2, 0) is 17.8 Å². The van der Waals surface area contributed by atoms with Crippen LogP contribution in [-0.4, -0.2) is 14.9 Å². The van der Waals surface area contributed by atoms with E-state index in [0.29, 0.717) is 10.2 Å². The fourth-order valence-corrected chi connectivity index (χ4v) is 5.28. The fraction of sp³-hybridized carbons (Fsp3) is 0.300. The lowest BCUT2D eigenvalue weighted by Gasteiger charge is -2.40. The van der Waals surface area contributed by atoms with E-state index in [0.717, 1.165) is 24.0 Å². The summed E-state index contributed by atoms with van der Waals surface area (Å²) < 4.78 is 1.25. The molecule has 1 heterocycles. The minimum Gasteiger partial charge on any atom is -0.314 e. The highest BCUT2D eigenvalue weighted by molar-refractivity contribution is 6.37. The lowest BCUT2D eigenvalue weighted by atomic mass is 9.87. The lowest BCUT2D eigenvalue weighted by molar-refractivity contribution is 0.223. The molecule has 27 heavy (non-hydrogen) atoms. The summed E-state index contributed by atoms with van der Waals surface area (Å²) in [5, 5.41) is 0.846. The highest BCUT2D eigenvalue weighted by Crippen LogP contribution is 2.49. The van der Waals surface area contributed by atoms with Gasteiger partial charge in [-0.2, -0.15) is 0 Å². The van der Waals surface area contributed by atoms with Gasteiger partial charge in [-0.15, -0.1) is 0 Å². The van der Waals surface area contributed by atoms with E-state index in [1.807, 2.05) is 30.3 Å². The Balaban J connectivity index is 1.91. The van der Waals surface area contributed by atoms with Crippen molar-refractivity contribution in [1.82, 2.24) is 9.32 Å². The molecule has 0 saturated heterocycles. The van der Waals surface area contributed by atoms with E-state index >= 15 is 0 Å². The van der Waals surface area contributed by atoms with Crippen molar-refractivity contribution in [1.29, 1.82) is 0 Å². The molecule has 2 unspecified atom stereocenters. The van der Waals surface area contributed by atoms with Crippen LogP contribution in [0, 0.1) is 0 Å². The van der Waals surface area contributed by atoms with Gasteiger partial charge in [0, 0.05) is 28.6 Å². The molecule has 2 aromatic rings. The molecule has 0 bridgehead atoms. The zero-order valence-corrected chi connectivity index (χ0v) is 18.1. The van der Waals surface area contributed by atoms with Crippen LogP contribution in [0.1, 0.15) is 35.1 Å². The Hall–Kier alpha value is -0.770. The second-order valence-electron chi connectivity index (χ2n) is 6.77. The number of fused-ring (bicyclic) bond motifs is 1. The van der Waals surface area contributed by atoms with Gasteiger partial charge >= 0.3 is 0 Å². The van der Waals surface area contributed by atoms with Crippen LogP contribution in [0.15, 0.2) is 53.8 Å². The van der Waals surface area contributed by atoms with Gasteiger partial charge in [0.25, 0.3) is 0 Å². The molecule has 0 amide bonds. The van der Waals surface area contributed by atoms with Crippen molar-refractivity contribution < 1.29 is 0 Å². The molecule has 1 aliphatic heterocycles. The molecule has 2 aromatic carbocycles. The molecule has 0 fully saturated rings. The Bertz CT molecular complexity index is 900. The summed E-state index contributed by atoms with van der Waals surface area (Å²) in [4.78, 5) is 0.582. The van der Waals surface area contributed by atoms with Crippen LogP contribution in [0.25, 0.3) is 0 Å². The maximum Gasteiger partial charge on any atom is 0.196 e. The predicted octanol–water partition coefficient (Wildman–Crippen LogP) is 6.99. The monoisotopic (exact) mass is 460 g/mol. The van der Waals surface area contributed by atoms with Crippen molar-refractivity contribution in [3.8, 4) is 0 Å². The summed E-state index contributed by atoms with van der Waals surface area (Å²) >= 11 is 32.9. The Morgan fingerprint density at radius 1 is 0.963 bits per heavy atom. The van der Waals surface area contributed by atoms with Gasteiger partial charge in [-0.3, -0.25) is 0 Å². The maximum atomic E-state index is 7.34. The minimum atomic E-state index is -1.15. The Morgan fingerprint density at radius 3 is 2.33 bits per heavy atom. The zero-order chi connectivity index (χ0) is 19.2. The molecule has 7 heteroatoms. The number of aryl methyl sites for hydroxylation is 2. The van der Waals surface area contributed by atoms with Crippen molar-refractivity contribution in [2.45, 2.75) is 36.3 Å². The van der Waals surface area contributed by atoms with Gasteiger partial charge < -0.3 is 4.90 Å². The van der Waals surface area contributed by atoms with Gasteiger partial charge in [-0.25, -0.2) is 4.42 Å². The third-order valence-corrected chi connectivity index (χ3v) is 7.37. The molecule has 0 aromatic heterocycles. The van der Waals surface area contributed by atoms with Crippen molar-refractivity contribution in [2.75, 3.05) is 0 Å². The maximum absolute atomic E-state index is 7.34. The SMILES string of the molecule is ClC1=CN(C(Cl)(c2ccc3c(c2)CCCC3)c2ccccc2Cl)C(Cl)N1Cl. The summed E-state index contributed by atoms with van der Waals surface area (Å²) in [5.74, 6) is 0. The number of hydrogen-bond acceptors (Lipinski definition) is 2. The van der Waals surface area contributed by atoms with Crippen molar-refractivity contribution in [3.05, 3.63) is 81.1 Å². The first-order valence-electron chi connectivity index (χ1n) is 8.74. The van der Waals surface area contributed by atoms with Crippen LogP contribution in [0.3, 0.4) is 0 Å². The van der Waals surface area contributed by atoms with Crippen molar-refractivity contribution >= 4 is 58.2 Å². The Kier molecular flexibility index (Phi) is 5.48. The summed E-state index contributed by atoms with van der Waals surface area (Å²) in [6.45, 7) is 0. The predicted molar refractivity (Wildman–Crippen MR) is 114 cm³/mol. The van der Waals surface area contributed by atoms with E-state index in [2.05, 4.69) is 12.1 Å². The van der Waals surface area contributed by atoms with E-state index in [9.17, 15) is 0 Å². The number of nitrogens with zero attached hydrogens (tertiary/aromatic N) is 2. The second-order valence-corrected chi connectivity index (χ2v) is 8.87. The first kappa shape index (κ1) is 19.5. The van der Waals surface area contributed by atoms with Crippen LogP contribution in [0.2, 0.25) is 5.02 Å². The smallest absolute Gasteiger partial charge is 0.196 e. The molecule has 2 nitrogen and oxygen atoms in total. The number of rotatable bonds is 3. The van der Waals surface area contributed by atoms with Gasteiger partial charge in [0.2, 0.25) is 0 Å². The molecule has 0 saturated carbocycles. The number of benzene rings is 2. The van der Waals surface area contributed by atoms with E-state index in [1.165, 1.54) is 28.4 Å². The van der Waals surface area contributed by atoms with E-state index < -0.39 is 10.6 Å². The molecule has 0 N–H and O–H groups in total. The topological polar surface area (TPSA) is 6.48 Å². The normalized spacial score (nSPS) is 21.7. The summed E-state index contributed by atoms with van der Waals surface area (Å²) in [6.07, 6.45) is 6.20. The standard InChI is InChI=1S/C20H17Cl5N2/c21-17-8-4-3-7-16(17)20(24,26-12-18(22)27(25)19(26)23)15-10-9-13-5-1-2-6-14(13)11-15/h3-4,7-12,19H,1-2,5-6H2. The molecule has 0 radical (unpaired) electrons. The molecule has 2 atom stereocenters. The quantitative estimate of drug-likeness (QED) is 0.276. The first-order valence-corrected chi connectivity index (χ1v) is 10.6. The average Bonchev–Trinajstić information content (AvgIpc) is 2.95. The summed E-state index contributed by atoms with van der Waals surface area (Å²) in [5.41, 5.74) is 3.54. The highest BCUT2D eigenvalue weighted by Gasteiger charge is 2.46. The van der Waals surface area contributed by atoms with Gasteiger partial charge in [0.15, 0.2) is 10.6 Å². The third-order valence-electron chi connectivity index (χ3n) is 5.18. The molecule has 4 rings (SSSR count). The zero-order valence-electron chi connectivity index (χ0n) is 14.3. The van der Waals surface area contributed by atoms with Gasteiger partial charge in [-0.1, -0.05) is 82.8 Å². The van der Waals surface area contributed by atoms with E-state index in [-0.39, 0.29) is 0 Å². The molecule has 1 aliphatic carbocycles. The Labute approximate surface area is 184 Å². The molecular weight excluding hydrogens is 445 g/mol. The molecule has 0 spiro atoms. The van der Waals surface area contributed by atoms with Gasteiger partial charge in [-0.05, 0) is 48.4 Å². The summed E-state index contributed by atoms with van der Waals surface area (Å²) in [6, 6.07) is 13.8. The average molecular weight is 463 g/mol. The molecular formula is C20H17Cl5N2. The Morgan fingerprint density at radius 2 is 1.67 bits per heavy atom. The summed E-state index contributed by atoms with van der Waals surface area (Å²) in [7, 11) is 0. The van der Waals surface area contributed by atoms with Crippen molar-refractivity contribution in [2.24, 2.45) is 0 Å². The highest BCUT2D eigenvalue weighted by atomic mass is 35.5. The number of hydrogen-bond donors (Lipinski definition) is 0. The number of halogens is 5. The largest absolute Gasteiger partial charge is 0.314 e. The van der Waals surface area contributed by atoms with Crippen LogP contribution >= 0.6 is 58.2 Å². The van der Waals surface area contributed by atoms with Crippen LogP contribution in [0.4, 0.5) is 0 Å². The molecule has 142 valence electrons. The van der Waals surface area contributed by atoms with Crippen molar-refractivity contribution in [3.63, 3.8) is 0 Å². The molecule has 2 aliphatic rings. The van der Waals surface area contributed by atoms with Gasteiger partial charge in [0.05, 0.1) is 0 Å². The van der Waals surface area contributed by atoms with E-state index in [1.54, 1.807) is 11.1 Å².